The molecule has 9 heteroatoms. The predicted octanol–water partition coefficient (Wildman–Crippen LogP) is 3.09. The quantitative estimate of drug-likeness (QED) is 0.578. The average molecular weight is 390 g/mol. The van der Waals surface area contributed by atoms with Crippen LogP contribution in [0.5, 0.6) is 0 Å². The van der Waals surface area contributed by atoms with E-state index < -0.39 is 14.2 Å². The zero-order chi connectivity index (χ0) is 19.8. The van der Waals surface area contributed by atoms with Crippen LogP contribution in [0.4, 0.5) is 0 Å². The molecule has 4 rings (SSSR count). The standard InChI is InChI=1S/C18H28B2N2O4S/c1-15(2)16(3,4)24-19(23-15)11-9-10-12(14-13(11)21-27-22-14)20-25-17(5,6)18(7,8)26-20/h9-10,13,21H,1-8H3. The van der Waals surface area contributed by atoms with Gasteiger partial charge in [0.05, 0.1) is 46.3 Å². The molecule has 0 bridgehead atoms. The van der Waals surface area contributed by atoms with E-state index in [9.17, 15) is 0 Å². The second-order valence-electron chi connectivity index (χ2n) is 9.58. The molecule has 1 unspecified atom stereocenters. The van der Waals surface area contributed by atoms with Gasteiger partial charge in [-0.2, -0.15) is 0 Å². The minimum Gasteiger partial charge on any atom is -0.400 e. The third kappa shape index (κ3) is 2.98. The summed E-state index contributed by atoms with van der Waals surface area (Å²) < 4.78 is 33.0. The molecule has 2 fully saturated rings. The van der Waals surface area contributed by atoms with Crippen LogP contribution >= 0.6 is 12.1 Å². The molecule has 27 heavy (non-hydrogen) atoms. The Bertz CT molecular complexity index is 728. The van der Waals surface area contributed by atoms with Crippen molar-refractivity contribution >= 4 is 32.1 Å². The van der Waals surface area contributed by atoms with E-state index in [-0.39, 0.29) is 28.4 Å². The van der Waals surface area contributed by atoms with E-state index in [0.29, 0.717) is 0 Å². The highest BCUT2D eigenvalue weighted by Crippen LogP contribution is 2.43. The second-order valence-corrected chi connectivity index (χ2v) is 10.2. The summed E-state index contributed by atoms with van der Waals surface area (Å²) in [6.45, 7) is 16.5. The Morgan fingerprint density at radius 3 is 1.81 bits per heavy atom. The lowest BCUT2D eigenvalue weighted by atomic mass is 9.63. The molecular weight excluding hydrogens is 362 g/mol. The maximum absolute atomic E-state index is 6.25. The first-order valence-corrected chi connectivity index (χ1v) is 10.2. The van der Waals surface area contributed by atoms with Crippen LogP contribution in [-0.2, 0) is 18.6 Å². The van der Waals surface area contributed by atoms with Crippen molar-refractivity contribution in [2.75, 3.05) is 0 Å². The molecule has 1 N–H and O–H groups in total. The fourth-order valence-corrected chi connectivity index (χ4v) is 4.13. The molecule has 1 atom stereocenters. The van der Waals surface area contributed by atoms with Crippen molar-refractivity contribution in [3.05, 3.63) is 23.1 Å². The maximum atomic E-state index is 6.25. The normalized spacial score (nSPS) is 32.9. The summed E-state index contributed by atoms with van der Waals surface area (Å²) in [5.74, 6) is 0. The molecule has 0 aromatic carbocycles. The van der Waals surface area contributed by atoms with Gasteiger partial charge in [0.1, 0.15) is 0 Å². The molecule has 1 aliphatic carbocycles. The smallest absolute Gasteiger partial charge is 0.400 e. The summed E-state index contributed by atoms with van der Waals surface area (Å²) in [4.78, 5) is 0. The number of allylic oxidation sites excluding steroid dienone is 2. The molecule has 146 valence electrons. The zero-order valence-corrected chi connectivity index (χ0v) is 18.2. The van der Waals surface area contributed by atoms with Crippen molar-refractivity contribution in [2.45, 2.75) is 83.8 Å². The predicted molar refractivity (Wildman–Crippen MR) is 110 cm³/mol. The minimum atomic E-state index is -0.437. The number of nitrogens with one attached hydrogen (secondary N) is 1. The number of hydrogen-bond donors (Lipinski definition) is 1. The molecule has 0 radical (unpaired) electrons. The maximum Gasteiger partial charge on any atom is 0.496 e. The summed E-state index contributed by atoms with van der Waals surface area (Å²) >= 11 is 1.34. The number of hydrogen-bond acceptors (Lipinski definition) is 7. The Labute approximate surface area is 167 Å². The van der Waals surface area contributed by atoms with Gasteiger partial charge in [0.2, 0.25) is 0 Å². The van der Waals surface area contributed by atoms with Crippen LogP contribution in [0.2, 0.25) is 0 Å². The number of nitrogens with zero attached hydrogens (tertiary/aromatic N) is 1. The summed E-state index contributed by atoms with van der Waals surface area (Å²) in [6, 6.07) is -0.0799. The molecule has 2 saturated heterocycles. The molecule has 6 nitrogen and oxygen atoms in total. The van der Waals surface area contributed by atoms with Crippen molar-refractivity contribution in [3.63, 3.8) is 0 Å². The fraction of sp³-hybridized carbons (Fsp3) is 0.722. The van der Waals surface area contributed by atoms with Crippen LogP contribution in [0.15, 0.2) is 27.5 Å². The van der Waals surface area contributed by atoms with Gasteiger partial charge in [0.25, 0.3) is 0 Å². The van der Waals surface area contributed by atoms with Gasteiger partial charge in [-0.05, 0) is 60.9 Å². The highest BCUT2D eigenvalue weighted by molar-refractivity contribution is 7.96. The van der Waals surface area contributed by atoms with Crippen LogP contribution in [0.1, 0.15) is 55.4 Å². The van der Waals surface area contributed by atoms with Crippen LogP contribution in [0, 0.1) is 0 Å². The van der Waals surface area contributed by atoms with Gasteiger partial charge in [-0.1, -0.05) is 12.2 Å². The van der Waals surface area contributed by atoms with Gasteiger partial charge in [-0.3, -0.25) is 0 Å². The van der Waals surface area contributed by atoms with Crippen LogP contribution in [0.25, 0.3) is 0 Å². The summed E-state index contributed by atoms with van der Waals surface area (Å²) in [5, 5.41) is 0. The Morgan fingerprint density at radius 1 is 0.815 bits per heavy atom. The van der Waals surface area contributed by atoms with Gasteiger partial charge >= 0.3 is 14.2 Å². The van der Waals surface area contributed by atoms with Crippen molar-refractivity contribution in [2.24, 2.45) is 4.40 Å². The largest absolute Gasteiger partial charge is 0.496 e. The highest BCUT2D eigenvalue weighted by Gasteiger charge is 2.57. The second kappa shape index (κ2) is 5.97. The molecule has 0 saturated carbocycles. The van der Waals surface area contributed by atoms with Gasteiger partial charge in [-0.15, -0.1) is 0 Å². The van der Waals surface area contributed by atoms with E-state index in [0.717, 1.165) is 16.7 Å². The molecule has 3 aliphatic heterocycles. The van der Waals surface area contributed by atoms with E-state index in [2.05, 4.69) is 70.6 Å². The average Bonchev–Trinajstić information content (AvgIpc) is 3.13. The van der Waals surface area contributed by atoms with Crippen LogP contribution < -0.4 is 4.72 Å². The first-order chi connectivity index (χ1) is 12.3. The zero-order valence-electron chi connectivity index (χ0n) is 17.4. The van der Waals surface area contributed by atoms with E-state index in [1.165, 1.54) is 12.1 Å². The monoisotopic (exact) mass is 390 g/mol. The third-order valence-corrected chi connectivity index (χ3v) is 7.33. The Kier molecular flexibility index (Phi) is 4.36. The lowest BCUT2D eigenvalue weighted by molar-refractivity contribution is 0.00578. The van der Waals surface area contributed by atoms with Gasteiger partial charge in [-0.25, -0.2) is 9.12 Å². The molecule has 3 heterocycles. The molecule has 0 aromatic heterocycles. The fourth-order valence-electron chi connectivity index (χ4n) is 3.41. The van der Waals surface area contributed by atoms with Crippen molar-refractivity contribution in [1.29, 1.82) is 0 Å². The number of fused-ring (bicyclic) bond motifs is 1. The summed E-state index contributed by atoms with van der Waals surface area (Å²) in [5.41, 5.74) is 1.38. The Balaban J connectivity index is 1.64. The number of rotatable bonds is 2. The van der Waals surface area contributed by atoms with Crippen LogP contribution in [-0.4, -0.2) is 48.4 Å². The van der Waals surface area contributed by atoms with Crippen molar-refractivity contribution in [3.8, 4) is 0 Å². The summed E-state index contributed by atoms with van der Waals surface area (Å²) in [6.07, 6.45) is 4.09. The SMILES string of the molecule is CC1(C)OB(C2=CC=C(B3OC(C)(C)C(C)(C)O3)C3NSN=C23)OC1(C)C. The molecule has 0 spiro atoms. The Morgan fingerprint density at radius 2 is 1.30 bits per heavy atom. The van der Waals surface area contributed by atoms with Gasteiger partial charge < -0.3 is 18.6 Å². The third-order valence-electron chi connectivity index (χ3n) is 6.71. The van der Waals surface area contributed by atoms with E-state index in [4.69, 9.17) is 18.6 Å². The van der Waals surface area contributed by atoms with Crippen molar-refractivity contribution < 1.29 is 18.6 Å². The van der Waals surface area contributed by atoms with E-state index >= 15 is 0 Å². The highest BCUT2D eigenvalue weighted by atomic mass is 32.2. The molecular formula is C18H28B2N2O4S. The first kappa shape index (κ1) is 19.7. The molecule has 0 amide bonds. The van der Waals surface area contributed by atoms with Crippen molar-refractivity contribution in [1.82, 2.24) is 4.72 Å². The Hall–Kier alpha value is -0.570. The molecule has 4 aliphatic rings. The topological polar surface area (TPSA) is 61.3 Å². The summed E-state index contributed by atoms with van der Waals surface area (Å²) in [7, 11) is -0.847. The lowest BCUT2D eigenvalue weighted by Crippen LogP contribution is -2.43. The minimum absolute atomic E-state index is 0.0799. The van der Waals surface area contributed by atoms with Gasteiger partial charge in [0, 0.05) is 5.47 Å². The van der Waals surface area contributed by atoms with E-state index in [1.807, 2.05) is 6.08 Å². The first-order valence-electron chi connectivity index (χ1n) is 9.47. The molecule has 0 aromatic rings. The van der Waals surface area contributed by atoms with Crippen LogP contribution in [0.3, 0.4) is 0 Å². The lowest BCUT2D eigenvalue weighted by Gasteiger charge is -2.32. The van der Waals surface area contributed by atoms with Gasteiger partial charge in [0.15, 0.2) is 0 Å². The van der Waals surface area contributed by atoms with E-state index in [1.54, 1.807) is 0 Å².